The van der Waals surface area contributed by atoms with Crippen molar-refractivity contribution in [1.29, 1.82) is 0 Å². The van der Waals surface area contributed by atoms with Gasteiger partial charge in [-0.3, -0.25) is 0 Å². The second-order valence-corrected chi connectivity index (χ2v) is 2.86. The van der Waals surface area contributed by atoms with E-state index in [-0.39, 0.29) is 11.5 Å². The number of anilines is 1. The average Bonchev–Trinajstić information content (AvgIpc) is 2.27. The van der Waals surface area contributed by atoms with Crippen molar-refractivity contribution >= 4 is 17.6 Å². The quantitative estimate of drug-likeness (QED) is 0.255. The van der Waals surface area contributed by atoms with E-state index in [1.54, 1.807) is 18.2 Å². The summed E-state index contributed by atoms with van der Waals surface area (Å²) in [6, 6.07) is 4.04. The van der Waals surface area contributed by atoms with Gasteiger partial charge in [-0.2, -0.15) is 0 Å². The van der Waals surface area contributed by atoms with Crippen molar-refractivity contribution in [2.24, 2.45) is 16.6 Å². The number of para-hydroxylation sites is 1. The largest absolute Gasteiger partial charge is 0.495 e. The van der Waals surface area contributed by atoms with Gasteiger partial charge in [-0.15, -0.1) is 0 Å². The molecule has 0 saturated heterocycles. The molecule has 7 heteroatoms. The van der Waals surface area contributed by atoms with Crippen molar-refractivity contribution in [1.82, 2.24) is 0 Å². The fraction of sp³-hybridized carbons (Fsp3) is 0.111. The molecule has 0 saturated carbocycles. The summed E-state index contributed by atoms with van der Waals surface area (Å²) in [6.07, 6.45) is 0. The van der Waals surface area contributed by atoms with Crippen LogP contribution in [0.5, 0.6) is 5.75 Å². The molecule has 86 valence electrons. The fourth-order valence-corrected chi connectivity index (χ4v) is 1.22. The lowest BCUT2D eigenvalue weighted by atomic mass is 10.1. The Labute approximate surface area is 91.7 Å². The van der Waals surface area contributed by atoms with E-state index in [4.69, 9.17) is 21.4 Å². The van der Waals surface area contributed by atoms with E-state index in [1.165, 1.54) is 7.11 Å². The number of hydrogen-bond donors (Lipinski definition) is 4. The van der Waals surface area contributed by atoms with E-state index in [0.717, 1.165) is 0 Å². The second kappa shape index (κ2) is 4.87. The third-order valence-corrected chi connectivity index (χ3v) is 1.88. The van der Waals surface area contributed by atoms with Crippen molar-refractivity contribution in [2.45, 2.75) is 0 Å². The van der Waals surface area contributed by atoms with E-state index >= 15 is 0 Å². The number of rotatable bonds is 3. The molecule has 0 aliphatic carbocycles. The predicted molar refractivity (Wildman–Crippen MR) is 58.7 cm³/mol. The highest BCUT2D eigenvalue weighted by Crippen LogP contribution is 2.27. The molecule has 0 spiro atoms. The van der Waals surface area contributed by atoms with Crippen LogP contribution < -0.4 is 21.5 Å². The Morgan fingerprint density at radius 3 is 2.69 bits per heavy atom. The molecule has 1 rings (SSSR count). The molecule has 0 bridgehead atoms. The number of amidine groups is 1. The van der Waals surface area contributed by atoms with Gasteiger partial charge in [-0.25, -0.2) is 4.79 Å². The molecule has 0 aliphatic rings. The number of amides is 2. The second-order valence-electron chi connectivity index (χ2n) is 2.86. The molecule has 1 aromatic rings. The first-order valence-electron chi connectivity index (χ1n) is 4.31. The van der Waals surface area contributed by atoms with Crippen LogP contribution in [-0.4, -0.2) is 24.2 Å². The Kier molecular flexibility index (Phi) is 3.54. The van der Waals surface area contributed by atoms with Crippen LogP contribution in [0.15, 0.2) is 23.4 Å². The number of methoxy groups -OCH3 is 1. The zero-order valence-electron chi connectivity index (χ0n) is 8.60. The minimum atomic E-state index is -0.767. The maximum atomic E-state index is 10.8. The summed E-state index contributed by atoms with van der Waals surface area (Å²) in [4.78, 5) is 10.8. The van der Waals surface area contributed by atoms with Crippen LogP contribution >= 0.6 is 0 Å². The summed E-state index contributed by atoms with van der Waals surface area (Å²) in [7, 11) is 1.43. The van der Waals surface area contributed by atoms with Crippen molar-refractivity contribution < 1.29 is 14.7 Å². The molecular formula is C9H12N4O3. The highest BCUT2D eigenvalue weighted by molar-refractivity contribution is 6.06. The van der Waals surface area contributed by atoms with E-state index in [1.807, 2.05) is 0 Å². The number of nitrogens with two attached hydrogens (primary N) is 2. The SMILES string of the molecule is COc1cccc(/C(N)=N/O)c1NC(N)=O. The third kappa shape index (κ3) is 2.32. The monoisotopic (exact) mass is 224 g/mol. The Balaban J connectivity index is 3.31. The molecule has 0 aromatic heterocycles. The molecular weight excluding hydrogens is 212 g/mol. The van der Waals surface area contributed by atoms with Crippen LogP contribution in [0.2, 0.25) is 0 Å². The molecule has 1 aromatic carbocycles. The first kappa shape index (κ1) is 11.6. The summed E-state index contributed by atoms with van der Waals surface area (Å²) in [6.45, 7) is 0. The highest BCUT2D eigenvalue weighted by Gasteiger charge is 2.13. The minimum Gasteiger partial charge on any atom is -0.495 e. The van der Waals surface area contributed by atoms with E-state index in [2.05, 4.69) is 10.5 Å². The summed E-state index contributed by atoms with van der Waals surface area (Å²) >= 11 is 0. The normalized spacial score (nSPS) is 10.9. The molecule has 6 N–H and O–H groups in total. The molecule has 0 radical (unpaired) electrons. The summed E-state index contributed by atoms with van der Waals surface area (Å²) in [5.41, 5.74) is 11.0. The van der Waals surface area contributed by atoms with E-state index in [9.17, 15) is 4.79 Å². The van der Waals surface area contributed by atoms with Crippen molar-refractivity contribution in [3.8, 4) is 5.75 Å². The number of urea groups is 1. The molecule has 16 heavy (non-hydrogen) atoms. The average molecular weight is 224 g/mol. The zero-order chi connectivity index (χ0) is 12.1. The van der Waals surface area contributed by atoms with Crippen molar-refractivity contribution in [3.63, 3.8) is 0 Å². The number of hydrogen-bond acceptors (Lipinski definition) is 4. The lowest BCUT2D eigenvalue weighted by Gasteiger charge is -2.12. The molecule has 0 fully saturated rings. The standard InChI is InChI=1S/C9H12N4O3/c1-16-6-4-2-3-5(8(10)13-15)7(6)12-9(11)14/h2-4,15H,1H3,(H2,10,13)(H3,11,12,14). The Bertz CT molecular complexity index is 431. The van der Waals surface area contributed by atoms with E-state index < -0.39 is 6.03 Å². The smallest absolute Gasteiger partial charge is 0.316 e. The number of nitrogens with zero attached hydrogens (tertiary/aromatic N) is 1. The predicted octanol–water partition coefficient (Wildman–Crippen LogP) is 0.280. The maximum Gasteiger partial charge on any atom is 0.316 e. The first-order valence-corrected chi connectivity index (χ1v) is 4.31. The van der Waals surface area contributed by atoms with Gasteiger partial charge in [-0.1, -0.05) is 11.2 Å². The summed E-state index contributed by atoms with van der Waals surface area (Å²) < 4.78 is 5.02. The highest BCUT2D eigenvalue weighted by atomic mass is 16.5. The van der Waals surface area contributed by atoms with Crippen LogP contribution in [0.4, 0.5) is 10.5 Å². The van der Waals surface area contributed by atoms with Crippen LogP contribution in [-0.2, 0) is 0 Å². The summed E-state index contributed by atoms with van der Waals surface area (Å²) in [5.74, 6) is 0.213. The van der Waals surface area contributed by atoms with Gasteiger partial charge in [0.1, 0.15) is 5.75 Å². The number of carbonyl (C=O) groups is 1. The molecule has 7 nitrogen and oxygen atoms in total. The molecule has 2 amide bonds. The summed E-state index contributed by atoms with van der Waals surface area (Å²) in [5, 5.41) is 13.8. The lowest BCUT2D eigenvalue weighted by Crippen LogP contribution is -2.23. The Morgan fingerprint density at radius 1 is 1.50 bits per heavy atom. The minimum absolute atomic E-state index is 0.150. The van der Waals surface area contributed by atoms with Gasteiger partial charge in [0.05, 0.1) is 12.8 Å². The zero-order valence-corrected chi connectivity index (χ0v) is 8.60. The Hall–Kier alpha value is -2.44. The van der Waals surface area contributed by atoms with Crippen LogP contribution in [0, 0.1) is 0 Å². The van der Waals surface area contributed by atoms with Gasteiger partial charge in [0.15, 0.2) is 5.84 Å². The third-order valence-electron chi connectivity index (χ3n) is 1.88. The molecule has 0 unspecified atom stereocenters. The molecule has 0 heterocycles. The number of nitrogens with one attached hydrogen (secondary N) is 1. The van der Waals surface area contributed by atoms with E-state index in [0.29, 0.717) is 11.3 Å². The maximum absolute atomic E-state index is 10.8. The topological polar surface area (TPSA) is 123 Å². The number of ether oxygens (including phenoxy) is 1. The number of oxime groups is 1. The van der Waals surface area contributed by atoms with Crippen molar-refractivity contribution in [2.75, 3.05) is 12.4 Å². The van der Waals surface area contributed by atoms with Gasteiger partial charge in [0.2, 0.25) is 0 Å². The van der Waals surface area contributed by atoms with Gasteiger partial charge in [-0.05, 0) is 12.1 Å². The number of carbonyl (C=O) groups excluding carboxylic acids is 1. The number of primary amides is 1. The number of benzene rings is 1. The lowest BCUT2D eigenvalue weighted by molar-refractivity contribution is 0.259. The van der Waals surface area contributed by atoms with Crippen LogP contribution in [0.3, 0.4) is 0 Å². The van der Waals surface area contributed by atoms with Crippen LogP contribution in [0.1, 0.15) is 5.56 Å². The van der Waals surface area contributed by atoms with Crippen LogP contribution in [0.25, 0.3) is 0 Å². The van der Waals surface area contributed by atoms with Gasteiger partial charge in [0, 0.05) is 5.56 Å². The van der Waals surface area contributed by atoms with Crippen molar-refractivity contribution in [3.05, 3.63) is 23.8 Å². The first-order chi connectivity index (χ1) is 7.60. The Morgan fingerprint density at radius 2 is 2.19 bits per heavy atom. The van der Waals surface area contributed by atoms with Gasteiger partial charge >= 0.3 is 6.03 Å². The van der Waals surface area contributed by atoms with Gasteiger partial charge < -0.3 is 26.7 Å². The molecule has 0 atom stereocenters. The molecule has 0 aliphatic heterocycles. The van der Waals surface area contributed by atoms with Gasteiger partial charge in [0.25, 0.3) is 0 Å². The fourth-order valence-electron chi connectivity index (χ4n) is 1.22.